The van der Waals surface area contributed by atoms with Crippen LogP contribution >= 0.6 is 11.3 Å². The Morgan fingerprint density at radius 3 is 2.50 bits per heavy atom. The fraction of sp³-hybridized carbons (Fsp3) is 0.600. The summed E-state index contributed by atoms with van der Waals surface area (Å²) in [6, 6.07) is 2.73. The predicted molar refractivity (Wildman–Crippen MR) is 117 cm³/mol. The molecule has 0 aromatic carbocycles. The molecule has 2 aromatic rings. The topological polar surface area (TPSA) is 66.9 Å². The van der Waals surface area contributed by atoms with Crippen molar-refractivity contribution in [3.05, 3.63) is 28.9 Å². The second kappa shape index (κ2) is 9.74. The predicted octanol–water partition coefficient (Wildman–Crippen LogP) is 5.11. The van der Waals surface area contributed by atoms with E-state index >= 15 is 0 Å². The Morgan fingerprint density at radius 1 is 1.23 bits per heavy atom. The molecule has 166 valence electrons. The van der Waals surface area contributed by atoms with E-state index in [-0.39, 0.29) is 5.25 Å². The van der Waals surface area contributed by atoms with E-state index in [1.54, 1.807) is 0 Å². The number of aromatic nitrogens is 2. The summed E-state index contributed by atoms with van der Waals surface area (Å²) in [7, 11) is -1.34. The lowest BCUT2D eigenvalue weighted by atomic mass is 9.86. The smallest absolute Gasteiger partial charge is 0.359 e. The van der Waals surface area contributed by atoms with Gasteiger partial charge in [0.25, 0.3) is 0 Å². The van der Waals surface area contributed by atoms with Crippen LogP contribution in [0, 0.1) is 12.8 Å². The Labute approximate surface area is 181 Å². The molecule has 1 aliphatic rings. The van der Waals surface area contributed by atoms with E-state index in [1.165, 1.54) is 23.6 Å². The molecule has 3 rings (SSSR count). The molecule has 0 radical (unpaired) electrons. The van der Waals surface area contributed by atoms with Crippen LogP contribution in [0.5, 0.6) is 0 Å². The summed E-state index contributed by atoms with van der Waals surface area (Å²) in [6.45, 7) is 6.62. The minimum absolute atomic E-state index is 0.153. The van der Waals surface area contributed by atoms with Gasteiger partial charge in [-0.25, -0.2) is 4.98 Å². The summed E-state index contributed by atoms with van der Waals surface area (Å²) in [5.74, 6) is 0.535. The van der Waals surface area contributed by atoms with Gasteiger partial charge in [0.2, 0.25) is 0 Å². The monoisotopic (exact) mass is 461 g/mol. The summed E-state index contributed by atoms with van der Waals surface area (Å²) < 4.78 is 53.2. The zero-order chi connectivity index (χ0) is 21.9. The zero-order valence-corrected chi connectivity index (χ0v) is 19.0. The minimum atomic E-state index is -4.44. The minimum Gasteiger partial charge on any atom is -0.359 e. The van der Waals surface area contributed by atoms with Gasteiger partial charge in [0.15, 0.2) is 5.13 Å². The first-order valence-corrected chi connectivity index (χ1v) is 12.3. The zero-order valence-electron chi connectivity index (χ0n) is 17.3. The highest BCUT2D eigenvalue weighted by Crippen LogP contribution is 2.34. The molecular weight excluding hydrogens is 433 g/mol. The van der Waals surface area contributed by atoms with Crippen molar-refractivity contribution in [2.45, 2.75) is 63.9 Å². The number of aryl methyl sites for hydroxylation is 1. The number of alkyl halides is 3. The van der Waals surface area contributed by atoms with Crippen LogP contribution in [0.15, 0.2) is 18.3 Å². The third-order valence-corrected chi connectivity index (χ3v) is 7.64. The summed E-state index contributed by atoms with van der Waals surface area (Å²) in [5.41, 5.74) is 0.347. The van der Waals surface area contributed by atoms with Crippen molar-refractivity contribution >= 4 is 27.5 Å². The Hall–Kier alpha value is -1.52. The van der Waals surface area contributed by atoms with Crippen molar-refractivity contribution in [2.24, 2.45) is 5.92 Å². The first-order chi connectivity index (χ1) is 14.1. The van der Waals surface area contributed by atoms with Crippen molar-refractivity contribution in [1.82, 2.24) is 14.7 Å². The number of hydrogen-bond donors (Lipinski definition) is 2. The van der Waals surface area contributed by atoms with Gasteiger partial charge in [0.1, 0.15) is 21.9 Å². The molecule has 1 saturated carbocycles. The molecule has 1 unspecified atom stereocenters. The second-order valence-electron chi connectivity index (χ2n) is 8.00. The molecule has 0 bridgehead atoms. The van der Waals surface area contributed by atoms with E-state index in [1.807, 2.05) is 20.8 Å². The number of rotatable bonds is 7. The van der Waals surface area contributed by atoms with Gasteiger partial charge in [0.05, 0.1) is 5.69 Å². The van der Waals surface area contributed by atoms with Gasteiger partial charge in [-0.15, -0.1) is 16.1 Å². The lowest BCUT2D eigenvalue weighted by Crippen LogP contribution is -2.33. The van der Waals surface area contributed by atoms with Gasteiger partial charge >= 0.3 is 6.18 Å². The molecule has 2 N–H and O–H groups in total. The van der Waals surface area contributed by atoms with Crippen LogP contribution < -0.4 is 10.0 Å². The van der Waals surface area contributed by atoms with Crippen LogP contribution in [0.3, 0.4) is 0 Å². The lowest BCUT2D eigenvalue weighted by Gasteiger charge is -2.28. The third-order valence-electron chi connectivity index (χ3n) is 5.30. The molecule has 5 nitrogen and oxygen atoms in total. The van der Waals surface area contributed by atoms with Crippen molar-refractivity contribution < 1.29 is 17.4 Å². The highest BCUT2D eigenvalue weighted by Gasteiger charge is 2.32. The van der Waals surface area contributed by atoms with E-state index < -0.39 is 22.9 Å². The van der Waals surface area contributed by atoms with Crippen LogP contribution in [-0.4, -0.2) is 27.8 Å². The maximum absolute atomic E-state index is 12.7. The van der Waals surface area contributed by atoms with Gasteiger partial charge in [-0.05, 0) is 64.5 Å². The van der Waals surface area contributed by atoms with Crippen LogP contribution in [0.4, 0.5) is 18.3 Å². The van der Waals surface area contributed by atoms with Crippen LogP contribution in [0.2, 0.25) is 0 Å². The fourth-order valence-corrected chi connectivity index (χ4v) is 5.23. The quantitative estimate of drug-likeness (QED) is 0.444. The molecule has 0 saturated heterocycles. The molecular formula is C20H28F3N4OS2+. The Bertz CT molecular complexity index is 860. The molecule has 2 heterocycles. The van der Waals surface area contributed by atoms with Gasteiger partial charge in [-0.2, -0.15) is 13.2 Å². The number of halogens is 3. The first-order valence-electron chi connectivity index (χ1n) is 10.1. The number of anilines is 1. The van der Waals surface area contributed by atoms with Crippen molar-refractivity contribution in [3.63, 3.8) is 0 Å². The van der Waals surface area contributed by atoms with E-state index in [2.05, 4.69) is 20.0 Å². The number of nitrogens with zero attached hydrogens (tertiary/aromatic N) is 2. The molecule has 1 aliphatic carbocycles. The van der Waals surface area contributed by atoms with Gasteiger partial charge in [-0.1, -0.05) is 4.21 Å². The average molecular weight is 462 g/mol. The average Bonchev–Trinajstić information content (AvgIpc) is 3.06. The summed E-state index contributed by atoms with van der Waals surface area (Å²) >= 11 is 1.51. The van der Waals surface area contributed by atoms with Crippen molar-refractivity contribution in [2.75, 3.05) is 11.9 Å². The summed E-state index contributed by atoms with van der Waals surface area (Å²) in [4.78, 5) is 9.07. The Kier molecular flexibility index (Phi) is 7.52. The van der Waals surface area contributed by atoms with Crippen LogP contribution in [-0.2, 0) is 21.4 Å². The SMILES string of the molecule is Cc1sc(NC2CCC(CN[SH+](=O)C(C)C)CC2)nc1-c1ccc(C(F)(F)F)nc1. The van der Waals surface area contributed by atoms with Gasteiger partial charge in [-0.3, -0.25) is 4.98 Å². The van der Waals surface area contributed by atoms with Gasteiger partial charge < -0.3 is 5.32 Å². The van der Waals surface area contributed by atoms with Crippen molar-refractivity contribution in [1.29, 1.82) is 0 Å². The maximum atomic E-state index is 12.7. The third kappa shape index (κ3) is 6.01. The van der Waals surface area contributed by atoms with E-state index in [0.717, 1.165) is 48.3 Å². The number of thiol groups is 1. The normalized spacial score (nSPS) is 21.0. The van der Waals surface area contributed by atoms with E-state index in [9.17, 15) is 17.4 Å². The van der Waals surface area contributed by atoms with E-state index in [4.69, 9.17) is 0 Å². The maximum Gasteiger partial charge on any atom is 0.433 e. The standard InChI is InChI=1S/C20H27F3N4OS2/c1-12(2)30(28)25-10-14-4-7-16(8-5-14)26-19-27-18(13(3)29-19)15-6-9-17(24-11-15)20(21,22)23/h6,9,11-12,14,16H,4-5,7-8,10H2,1-3H3,(H,25,28)(H,26,27)/p+1. The number of thiazole rings is 1. The second-order valence-corrected chi connectivity index (χ2v) is 11.2. The van der Waals surface area contributed by atoms with Crippen LogP contribution in [0.1, 0.15) is 50.1 Å². The lowest BCUT2D eigenvalue weighted by molar-refractivity contribution is -0.141. The highest BCUT2D eigenvalue weighted by molar-refractivity contribution is 7.83. The Morgan fingerprint density at radius 2 is 1.93 bits per heavy atom. The molecule has 0 spiro atoms. The van der Waals surface area contributed by atoms with E-state index in [0.29, 0.717) is 23.2 Å². The number of hydrogen-bond acceptors (Lipinski definition) is 5. The van der Waals surface area contributed by atoms with Crippen molar-refractivity contribution in [3.8, 4) is 11.3 Å². The molecule has 1 fully saturated rings. The Balaban J connectivity index is 1.55. The molecule has 30 heavy (non-hydrogen) atoms. The number of pyridine rings is 1. The molecule has 1 atom stereocenters. The highest BCUT2D eigenvalue weighted by atomic mass is 32.2. The van der Waals surface area contributed by atoms with Crippen LogP contribution in [0.25, 0.3) is 11.3 Å². The largest absolute Gasteiger partial charge is 0.433 e. The summed E-state index contributed by atoms with van der Waals surface area (Å²) in [6.07, 6.45) is 0.940. The molecule has 2 aromatic heterocycles. The number of nitrogens with one attached hydrogen (secondary N) is 2. The first kappa shape index (κ1) is 23.1. The molecule has 0 aliphatic heterocycles. The molecule has 10 heteroatoms. The molecule has 0 amide bonds. The van der Waals surface area contributed by atoms with Gasteiger partial charge in [0, 0.05) is 29.2 Å². The summed E-state index contributed by atoms with van der Waals surface area (Å²) in [5, 5.41) is 4.42. The fourth-order valence-electron chi connectivity index (χ4n) is 3.51.